The van der Waals surface area contributed by atoms with Crippen molar-refractivity contribution >= 4 is 34.4 Å². The summed E-state index contributed by atoms with van der Waals surface area (Å²) in [6.45, 7) is 4.77. The van der Waals surface area contributed by atoms with Gasteiger partial charge in [0.15, 0.2) is 11.6 Å². The maximum Gasteiger partial charge on any atom is 0.238 e. The molecular weight excluding hydrogens is 731 g/mol. The van der Waals surface area contributed by atoms with E-state index in [9.17, 15) is 0 Å². The molecule has 3 aliphatic rings. The number of rotatable bonds is 4. The van der Waals surface area contributed by atoms with Crippen LogP contribution in [-0.2, 0) is 10.8 Å². The Bertz CT molecular complexity index is 3030. The van der Waals surface area contributed by atoms with Crippen LogP contribution in [0, 0.1) is 0 Å². The summed E-state index contributed by atoms with van der Waals surface area (Å²) in [5, 5.41) is 0. The summed E-state index contributed by atoms with van der Waals surface area (Å²) in [5.74, 6) is 1.85. The average molecular weight is 770 g/mol. The van der Waals surface area contributed by atoms with E-state index in [0.29, 0.717) is 17.6 Å². The fraction of sp³-hybridized carbons (Fsp3) is 0.0727. The summed E-state index contributed by atoms with van der Waals surface area (Å²) in [7, 11) is 0. The molecule has 3 heterocycles. The minimum absolute atomic E-state index is 0.395. The summed E-state index contributed by atoms with van der Waals surface area (Å²) in [6.07, 6.45) is 0. The summed E-state index contributed by atoms with van der Waals surface area (Å²) in [4.78, 5) is 20.4. The molecule has 0 N–H and O–H groups in total. The van der Waals surface area contributed by atoms with Crippen molar-refractivity contribution in [1.82, 2.24) is 15.0 Å². The first-order chi connectivity index (χ1) is 29.5. The van der Waals surface area contributed by atoms with E-state index in [0.717, 1.165) is 28.2 Å². The highest BCUT2D eigenvalue weighted by atomic mass is 15.3. The number of para-hydroxylation sites is 4. The van der Waals surface area contributed by atoms with Crippen LogP contribution >= 0.6 is 0 Å². The van der Waals surface area contributed by atoms with Gasteiger partial charge in [0.2, 0.25) is 5.95 Å². The van der Waals surface area contributed by atoms with Crippen molar-refractivity contribution in [2.24, 2.45) is 0 Å². The minimum Gasteiger partial charge on any atom is -0.310 e. The average Bonchev–Trinajstić information content (AvgIpc) is 3.60. The standard InChI is InChI=1S/C55H39N5/c1-54(2)41-28-14-17-31-45(41)60(53-57-51(36-20-6-3-7-21-36)56-52(58-53)37-22-8-4-9-23-37)48-35-34-44-49(50(48)54)39-26-12-13-27-40(39)55(44)42-29-15-18-32-46(42)59(38-24-10-5-11-25-38)47-33-19-16-30-43(47)55/h3-35H,1-2H3. The third-order valence-electron chi connectivity index (χ3n) is 12.9. The molecule has 0 fully saturated rings. The Morgan fingerprint density at radius 2 is 0.833 bits per heavy atom. The zero-order valence-corrected chi connectivity index (χ0v) is 33.3. The van der Waals surface area contributed by atoms with Crippen molar-refractivity contribution in [3.8, 4) is 33.9 Å². The normalized spacial score (nSPS) is 14.7. The maximum atomic E-state index is 5.31. The first-order valence-electron chi connectivity index (χ1n) is 20.6. The van der Waals surface area contributed by atoms with Crippen LogP contribution in [0.1, 0.15) is 47.2 Å². The quantitative estimate of drug-likeness (QED) is 0.178. The van der Waals surface area contributed by atoms with E-state index in [2.05, 4.69) is 187 Å². The number of fused-ring (bicyclic) bond motifs is 12. The van der Waals surface area contributed by atoms with E-state index in [-0.39, 0.29) is 0 Å². The van der Waals surface area contributed by atoms with Gasteiger partial charge in [-0.25, -0.2) is 4.98 Å². The molecule has 0 atom stereocenters. The Morgan fingerprint density at radius 3 is 1.42 bits per heavy atom. The predicted molar refractivity (Wildman–Crippen MR) is 243 cm³/mol. The van der Waals surface area contributed by atoms with Crippen molar-refractivity contribution in [3.63, 3.8) is 0 Å². The van der Waals surface area contributed by atoms with Gasteiger partial charge in [0.1, 0.15) is 0 Å². The molecule has 0 radical (unpaired) electrons. The molecule has 5 heteroatoms. The molecule has 1 aromatic heterocycles. The van der Waals surface area contributed by atoms with E-state index in [1.165, 1.54) is 55.9 Å². The van der Waals surface area contributed by atoms with E-state index < -0.39 is 10.8 Å². The van der Waals surface area contributed by atoms with E-state index in [1.54, 1.807) is 0 Å². The lowest BCUT2D eigenvalue weighted by atomic mass is 9.63. The number of benzene rings is 8. The highest BCUT2D eigenvalue weighted by Gasteiger charge is 2.54. The second-order valence-corrected chi connectivity index (χ2v) is 16.4. The second kappa shape index (κ2) is 12.9. The molecule has 8 aromatic carbocycles. The van der Waals surface area contributed by atoms with Crippen molar-refractivity contribution in [2.45, 2.75) is 24.7 Å². The SMILES string of the molecule is CC1(C)c2ccccc2N(c2nc(-c3ccccc3)nc(-c3ccccc3)n2)c2ccc3c(c21)-c1ccccc1C31c2ccccc2N(c2ccccc2)c2ccccc21. The molecule has 0 amide bonds. The summed E-state index contributed by atoms with van der Waals surface area (Å²) < 4.78 is 0. The fourth-order valence-electron chi connectivity index (χ4n) is 10.4. The van der Waals surface area contributed by atoms with Gasteiger partial charge in [-0.2, -0.15) is 9.97 Å². The van der Waals surface area contributed by atoms with Crippen LogP contribution in [0.5, 0.6) is 0 Å². The first-order valence-corrected chi connectivity index (χ1v) is 20.6. The van der Waals surface area contributed by atoms with Gasteiger partial charge < -0.3 is 4.90 Å². The zero-order chi connectivity index (χ0) is 40.0. The molecular formula is C55H39N5. The van der Waals surface area contributed by atoms with Crippen LogP contribution in [-0.4, -0.2) is 15.0 Å². The third kappa shape index (κ3) is 4.71. The van der Waals surface area contributed by atoms with Gasteiger partial charge in [0.05, 0.1) is 28.2 Å². The molecule has 5 nitrogen and oxygen atoms in total. The van der Waals surface area contributed by atoms with Gasteiger partial charge in [0.25, 0.3) is 0 Å². The topological polar surface area (TPSA) is 45.2 Å². The van der Waals surface area contributed by atoms with Gasteiger partial charge in [-0.3, -0.25) is 4.90 Å². The Kier molecular flexibility index (Phi) is 7.42. The molecule has 2 aliphatic heterocycles. The minimum atomic E-state index is -0.578. The molecule has 0 unspecified atom stereocenters. The van der Waals surface area contributed by atoms with Gasteiger partial charge in [-0.1, -0.05) is 178 Å². The highest BCUT2D eigenvalue weighted by molar-refractivity contribution is 6.00. The summed E-state index contributed by atoms with van der Waals surface area (Å²) in [6, 6.07) is 71.8. The van der Waals surface area contributed by atoms with Crippen LogP contribution in [0.25, 0.3) is 33.9 Å². The van der Waals surface area contributed by atoms with Crippen LogP contribution < -0.4 is 9.80 Å². The molecule has 1 spiro atoms. The van der Waals surface area contributed by atoms with Gasteiger partial charge >= 0.3 is 0 Å². The van der Waals surface area contributed by atoms with Crippen LogP contribution in [0.2, 0.25) is 0 Å². The summed E-state index contributed by atoms with van der Waals surface area (Å²) in [5.41, 5.74) is 16.6. The molecule has 60 heavy (non-hydrogen) atoms. The van der Waals surface area contributed by atoms with Crippen LogP contribution in [0.15, 0.2) is 200 Å². The second-order valence-electron chi connectivity index (χ2n) is 16.4. The Labute approximate surface area is 350 Å². The Balaban J connectivity index is 1.17. The van der Waals surface area contributed by atoms with Gasteiger partial charge in [-0.15, -0.1) is 0 Å². The maximum absolute atomic E-state index is 5.31. The Hall–Kier alpha value is -7.63. The molecule has 9 aromatic rings. The molecule has 0 saturated carbocycles. The summed E-state index contributed by atoms with van der Waals surface area (Å²) >= 11 is 0. The highest BCUT2D eigenvalue weighted by Crippen LogP contribution is 2.66. The first kappa shape index (κ1) is 34.4. The van der Waals surface area contributed by atoms with Crippen molar-refractivity contribution < 1.29 is 0 Å². The Morgan fingerprint density at radius 1 is 0.367 bits per heavy atom. The monoisotopic (exact) mass is 769 g/mol. The zero-order valence-electron chi connectivity index (χ0n) is 33.3. The predicted octanol–water partition coefficient (Wildman–Crippen LogP) is 13.5. The van der Waals surface area contributed by atoms with Crippen molar-refractivity contribution in [3.05, 3.63) is 234 Å². The lowest BCUT2D eigenvalue weighted by Gasteiger charge is -2.46. The van der Waals surface area contributed by atoms with E-state index in [1.807, 2.05) is 36.4 Å². The van der Waals surface area contributed by atoms with Gasteiger partial charge in [0, 0.05) is 22.2 Å². The molecule has 0 saturated heterocycles. The van der Waals surface area contributed by atoms with Crippen molar-refractivity contribution in [1.29, 1.82) is 0 Å². The molecule has 0 bridgehead atoms. The number of hydrogen-bond donors (Lipinski definition) is 0. The fourth-order valence-corrected chi connectivity index (χ4v) is 10.4. The number of hydrogen-bond acceptors (Lipinski definition) is 5. The smallest absolute Gasteiger partial charge is 0.238 e. The van der Waals surface area contributed by atoms with Crippen molar-refractivity contribution in [2.75, 3.05) is 9.80 Å². The molecule has 284 valence electrons. The number of anilines is 6. The third-order valence-corrected chi connectivity index (χ3v) is 12.9. The number of nitrogens with zero attached hydrogens (tertiary/aromatic N) is 5. The lowest BCUT2D eigenvalue weighted by Crippen LogP contribution is -2.37. The van der Waals surface area contributed by atoms with E-state index >= 15 is 0 Å². The van der Waals surface area contributed by atoms with Crippen LogP contribution in [0.4, 0.5) is 34.4 Å². The van der Waals surface area contributed by atoms with Crippen LogP contribution in [0.3, 0.4) is 0 Å². The number of aromatic nitrogens is 3. The molecule has 1 aliphatic carbocycles. The lowest BCUT2D eigenvalue weighted by molar-refractivity contribution is 0.630. The largest absolute Gasteiger partial charge is 0.310 e. The van der Waals surface area contributed by atoms with Gasteiger partial charge in [-0.05, 0) is 80.9 Å². The molecule has 12 rings (SSSR count). The van der Waals surface area contributed by atoms with E-state index in [4.69, 9.17) is 15.0 Å².